The van der Waals surface area contributed by atoms with Crippen molar-refractivity contribution in [3.05, 3.63) is 28.4 Å². The number of hydrogen-bond acceptors (Lipinski definition) is 6. The normalized spacial score (nSPS) is 23.9. The lowest BCUT2D eigenvalue weighted by Crippen LogP contribution is -2.51. The molecule has 1 aromatic heterocycles. The highest BCUT2D eigenvalue weighted by Gasteiger charge is 2.49. The monoisotopic (exact) mass is 265 g/mol. The summed E-state index contributed by atoms with van der Waals surface area (Å²) in [6.07, 6.45) is 1.52. The van der Waals surface area contributed by atoms with Crippen molar-refractivity contribution in [2.75, 3.05) is 0 Å². The van der Waals surface area contributed by atoms with E-state index < -0.39 is 5.97 Å². The van der Waals surface area contributed by atoms with Crippen molar-refractivity contribution in [2.24, 2.45) is 0 Å². The Kier molecular flexibility index (Phi) is 2.27. The Morgan fingerprint density at radius 3 is 3.06 bits per heavy atom. The molecule has 0 bridgehead atoms. The summed E-state index contributed by atoms with van der Waals surface area (Å²) >= 11 is 1.27. The van der Waals surface area contributed by atoms with E-state index in [9.17, 15) is 9.59 Å². The fraction of sp³-hybridized carbons (Fsp3) is 0.200. The van der Waals surface area contributed by atoms with Gasteiger partial charge in [0.1, 0.15) is 11.1 Å². The number of β-lactam (4-membered cyclic amide) rings is 1. The van der Waals surface area contributed by atoms with Gasteiger partial charge in [0, 0.05) is 12.3 Å². The van der Waals surface area contributed by atoms with Crippen molar-refractivity contribution in [2.45, 2.75) is 12.3 Å². The van der Waals surface area contributed by atoms with E-state index in [0.717, 1.165) is 0 Å². The number of hydrogen-bond donors (Lipinski definition) is 1. The summed E-state index contributed by atoms with van der Waals surface area (Å²) in [5.41, 5.74) is 0.491. The number of carbonyl (C=O) groups is 2. The molecular formula is C10H7N3O4S. The van der Waals surface area contributed by atoms with Crippen LogP contribution in [0.1, 0.15) is 11.7 Å². The summed E-state index contributed by atoms with van der Waals surface area (Å²) in [6, 6.07) is 0. The predicted octanol–water partition coefficient (Wildman–Crippen LogP) is 0.603. The SMILES string of the molecule is Cc1nc(/C=C2/C(=O)N3C(C(=O)O)=CSC23)no1. The minimum atomic E-state index is -1.10. The van der Waals surface area contributed by atoms with Crippen LogP contribution >= 0.6 is 11.8 Å². The number of nitrogens with zero attached hydrogens (tertiary/aromatic N) is 3. The third-order valence-corrected chi connectivity index (χ3v) is 3.66. The van der Waals surface area contributed by atoms with Gasteiger partial charge in [-0.1, -0.05) is 5.16 Å². The first-order valence-electron chi connectivity index (χ1n) is 5.02. The summed E-state index contributed by atoms with van der Waals surface area (Å²) in [4.78, 5) is 27.9. The summed E-state index contributed by atoms with van der Waals surface area (Å²) in [6.45, 7) is 1.65. The second-order valence-corrected chi connectivity index (χ2v) is 4.70. The van der Waals surface area contributed by atoms with Crippen molar-refractivity contribution >= 4 is 29.7 Å². The van der Waals surface area contributed by atoms with Crippen LogP contribution in [0, 0.1) is 6.92 Å². The third-order valence-electron chi connectivity index (χ3n) is 2.58. The molecule has 1 saturated heterocycles. The molecule has 7 nitrogen and oxygen atoms in total. The second-order valence-electron chi connectivity index (χ2n) is 3.74. The van der Waals surface area contributed by atoms with Crippen LogP contribution in [0.4, 0.5) is 0 Å². The summed E-state index contributed by atoms with van der Waals surface area (Å²) < 4.78 is 4.80. The number of thioether (sulfide) groups is 1. The van der Waals surface area contributed by atoms with Crippen molar-refractivity contribution < 1.29 is 19.2 Å². The van der Waals surface area contributed by atoms with Crippen molar-refractivity contribution in [3.8, 4) is 0 Å². The van der Waals surface area contributed by atoms with Gasteiger partial charge < -0.3 is 9.63 Å². The molecule has 0 radical (unpaired) electrons. The fourth-order valence-corrected chi connectivity index (χ4v) is 2.90. The first-order chi connectivity index (χ1) is 8.58. The number of aryl methyl sites for hydroxylation is 1. The number of carbonyl (C=O) groups excluding carboxylic acids is 1. The van der Waals surface area contributed by atoms with Crippen LogP contribution in [0.2, 0.25) is 0 Å². The van der Waals surface area contributed by atoms with Crippen LogP contribution in [0.3, 0.4) is 0 Å². The van der Waals surface area contributed by atoms with Gasteiger partial charge in [0.2, 0.25) is 5.89 Å². The number of carboxylic acids is 1. The van der Waals surface area contributed by atoms with E-state index in [1.54, 1.807) is 6.92 Å². The van der Waals surface area contributed by atoms with E-state index >= 15 is 0 Å². The topological polar surface area (TPSA) is 96.5 Å². The molecule has 0 aromatic carbocycles. The molecule has 0 saturated carbocycles. The standard InChI is InChI=1S/C10H7N3O4S/c1-4-11-7(12-17-4)2-5-8(14)13-6(10(15)16)3-18-9(5)13/h2-3,9H,1H3,(H,15,16)/b5-2-. The largest absolute Gasteiger partial charge is 0.477 e. The maximum absolute atomic E-state index is 11.8. The molecule has 1 fully saturated rings. The van der Waals surface area contributed by atoms with E-state index in [1.165, 1.54) is 28.1 Å². The molecule has 1 amide bonds. The van der Waals surface area contributed by atoms with Crippen LogP contribution < -0.4 is 0 Å². The lowest BCUT2D eigenvalue weighted by Gasteiger charge is -2.36. The number of fused-ring (bicyclic) bond motifs is 1. The molecule has 3 heterocycles. The van der Waals surface area contributed by atoms with Crippen LogP contribution in [0.25, 0.3) is 6.08 Å². The van der Waals surface area contributed by atoms with Gasteiger partial charge in [-0.05, 0) is 6.08 Å². The minimum Gasteiger partial charge on any atom is -0.477 e. The van der Waals surface area contributed by atoms with Gasteiger partial charge in [-0.25, -0.2) is 4.79 Å². The molecule has 92 valence electrons. The molecule has 1 aromatic rings. The summed E-state index contributed by atoms with van der Waals surface area (Å²) in [7, 11) is 0. The highest BCUT2D eigenvalue weighted by Crippen LogP contribution is 2.44. The zero-order valence-corrected chi connectivity index (χ0v) is 9.97. The highest BCUT2D eigenvalue weighted by atomic mass is 32.2. The number of rotatable bonds is 2. The van der Waals surface area contributed by atoms with Gasteiger partial charge in [0.05, 0.1) is 5.57 Å². The number of amides is 1. The maximum atomic E-state index is 11.8. The molecule has 1 unspecified atom stereocenters. The minimum absolute atomic E-state index is 0.0106. The lowest BCUT2D eigenvalue weighted by atomic mass is 10.0. The van der Waals surface area contributed by atoms with Gasteiger partial charge in [0.15, 0.2) is 5.82 Å². The maximum Gasteiger partial charge on any atom is 0.353 e. The summed E-state index contributed by atoms with van der Waals surface area (Å²) in [5, 5.41) is 13.7. The molecule has 18 heavy (non-hydrogen) atoms. The molecule has 3 rings (SSSR count). The Bertz CT molecular complexity index is 618. The molecule has 1 N–H and O–H groups in total. The molecule has 8 heteroatoms. The Morgan fingerprint density at radius 1 is 1.67 bits per heavy atom. The van der Waals surface area contributed by atoms with Gasteiger partial charge in [-0.3, -0.25) is 9.69 Å². The van der Waals surface area contributed by atoms with Gasteiger partial charge in [-0.2, -0.15) is 4.98 Å². The smallest absolute Gasteiger partial charge is 0.353 e. The van der Waals surface area contributed by atoms with E-state index in [-0.39, 0.29) is 17.0 Å². The van der Waals surface area contributed by atoms with Gasteiger partial charge in [-0.15, -0.1) is 11.8 Å². The van der Waals surface area contributed by atoms with Crippen LogP contribution in [0.15, 0.2) is 21.2 Å². The molecule has 0 spiro atoms. The molecule has 0 aliphatic carbocycles. The Balaban J connectivity index is 1.86. The van der Waals surface area contributed by atoms with Crippen molar-refractivity contribution in [3.63, 3.8) is 0 Å². The van der Waals surface area contributed by atoms with Crippen LogP contribution in [0.5, 0.6) is 0 Å². The van der Waals surface area contributed by atoms with Crippen LogP contribution in [-0.2, 0) is 9.59 Å². The Labute approximate surface area is 105 Å². The lowest BCUT2D eigenvalue weighted by molar-refractivity contribution is -0.141. The second kappa shape index (κ2) is 3.70. The Morgan fingerprint density at radius 2 is 2.44 bits per heavy atom. The molecular weight excluding hydrogens is 258 g/mol. The average Bonchev–Trinajstić information content (AvgIpc) is 2.89. The van der Waals surface area contributed by atoms with Crippen LogP contribution in [-0.4, -0.2) is 37.4 Å². The predicted molar refractivity (Wildman–Crippen MR) is 61.0 cm³/mol. The van der Waals surface area contributed by atoms with E-state index in [2.05, 4.69) is 10.1 Å². The quantitative estimate of drug-likeness (QED) is 0.617. The van der Waals surface area contributed by atoms with E-state index in [1.807, 2.05) is 0 Å². The van der Waals surface area contributed by atoms with Gasteiger partial charge >= 0.3 is 5.97 Å². The van der Waals surface area contributed by atoms with Crippen molar-refractivity contribution in [1.29, 1.82) is 0 Å². The zero-order chi connectivity index (χ0) is 12.9. The fourth-order valence-electron chi connectivity index (χ4n) is 1.78. The molecule has 1 atom stereocenters. The van der Waals surface area contributed by atoms with E-state index in [4.69, 9.17) is 9.63 Å². The number of aromatic nitrogens is 2. The van der Waals surface area contributed by atoms with E-state index in [0.29, 0.717) is 17.3 Å². The number of aliphatic carboxylic acids is 1. The third kappa shape index (κ3) is 1.46. The molecule has 2 aliphatic rings. The van der Waals surface area contributed by atoms with Crippen molar-refractivity contribution in [1.82, 2.24) is 15.0 Å². The first kappa shape index (κ1) is 11.0. The molecule has 2 aliphatic heterocycles. The zero-order valence-electron chi connectivity index (χ0n) is 9.15. The summed E-state index contributed by atoms with van der Waals surface area (Å²) in [5.74, 6) is -0.706. The van der Waals surface area contributed by atoms with Gasteiger partial charge in [0.25, 0.3) is 5.91 Å². The number of carboxylic acid groups (broad SMARTS) is 1. The Hall–Kier alpha value is -2.09. The average molecular weight is 265 g/mol. The first-order valence-corrected chi connectivity index (χ1v) is 5.96. The highest BCUT2D eigenvalue weighted by molar-refractivity contribution is 8.03.